The van der Waals surface area contributed by atoms with Gasteiger partial charge in [-0.15, -0.1) is 11.6 Å². The van der Waals surface area contributed by atoms with Crippen molar-refractivity contribution in [3.63, 3.8) is 0 Å². The van der Waals surface area contributed by atoms with Crippen LogP contribution in [-0.2, 0) is 5.88 Å². The highest BCUT2D eigenvalue weighted by molar-refractivity contribution is 6.16. The van der Waals surface area contributed by atoms with E-state index >= 15 is 0 Å². The maximum atomic E-state index is 5.62. The monoisotopic (exact) mass is 171 g/mol. The molecule has 0 saturated heterocycles. The van der Waals surface area contributed by atoms with Crippen molar-refractivity contribution in [3.8, 4) is 5.75 Å². The van der Waals surface area contributed by atoms with Crippen LogP contribution in [0.1, 0.15) is 11.3 Å². The molecule has 0 amide bonds. The van der Waals surface area contributed by atoms with E-state index in [2.05, 4.69) is 4.98 Å². The van der Waals surface area contributed by atoms with Gasteiger partial charge in [0.25, 0.3) is 0 Å². The third-order valence-electron chi connectivity index (χ3n) is 1.52. The van der Waals surface area contributed by atoms with Gasteiger partial charge in [-0.2, -0.15) is 0 Å². The Balaban J connectivity index is 2.99. The average molecular weight is 172 g/mol. The minimum absolute atomic E-state index is 0.454. The van der Waals surface area contributed by atoms with E-state index in [1.807, 2.05) is 13.0 Å². The second kappa shape index (κ2) is 3.58. The lowest BCUT2D eigenvalue weighted by molar-refractivity contribution is 0.412. The molecule has 1 rings (SSSR count). The van der Waals surface area contributed by atoms with E-state index in [0.29, 0.717) is 5.88 Å². The number of rotatable bonds is 2. The van der Waals surface area contributed by atoms with Crippen molar-refractivity contribution in [2.75, 3.05) is 7.11 Å². The summed E-state index contributed by atoms with van der Waals surface area (Å²) in [4.78, 5) is 4.11. The number of hydrogen-bond donors (Lipinski definition) is 0. The smallest absolute Gasteiger partial charge is 0.137 e. The highest BCUT2D eigenvalue weighted by atomic mass is 35.5. The third kappa shape index (κ3) is 1.84. The Labute approximate surface area is 71.2 Å². The van der Waals surface area contributed by atoms with Crippen LogP contribution in [0.3, 0.4) is 0 Å². The second-order valence-corrected chi connectivity index (χ2v) is 2.54. The Morgan fingerprint density at radius 1 is 1.64 bits per heavy atom. The van der Waals surface area contributed by atoms with Crippen molar-refractivity contribution in [1.29, 1.82) is 0 Å². The summed E-state index contributed by atoms with van der Waals surface area (Å²) in [6.07, 6.45) is 1.67. The van der Waals surface area contributed by atoms with Gasteiger partial charge >= 0.3 is 0 Å². The molecule has 11 heavy (non-hydrogen) atoms. The summed E-state index contributed by atoms with van der Waals surface area (Å²) >= 11 is 5.62. The number of methoxy groups -OCH3 is 1. The van der Waals surface area contributed by atoms with Gasteiger partial charge in [0.05, 0.1) is 24.9 Å². The average Bonchev–Trinajstić information content (AvgIpc) is 2.04. The van der Waals surface area contributed by atoms with Crippen LogP contribution in [0.5, 0.6) is 5.75 Å². The lowest BCUT2D eigenvalue weighted by atomic mass is 10.2. The molecule has 2 nitrogen and oxygen atoms in total. The van der Waals surface area contributed by atoms with Crippen LogP contribution in [0.25, 0.3) is 0 Å². The fourth-order valence-corrected chi connectivity index (χ4v) is 1.11. The molecule has 0 unspecified atom stereocenters. The Kier molecular flexibility index (Phi) is 2.71. The van der Waals surface area contributed by atoms with E-state index in [0.717, 1.165) is 17.0 Å². The third-order valence-corrected chi connectivity index (χ3v) is 1.78. The topological polar surface area (TPSA) is 22.1 Å². The summed E-state index contributed by atoms with van der Waals surface area (Å²) in [5.41, 5.74) is 1.98. The molecule has 1 heterocycles. The first-order valence-corrected chi connectivity index (χ1v) is 3.87. The Hall–Kier alpha value is -0.760. The van der Waals surface area contributed by atoms with Crippen molar-refractivity contribution in [2.24, 2.45) is 0 Å². The van der Waals surface area contributed by atoms with Crippen LogP contribution in [0, 0.1) is 6.92 Å². The van der Waals surface area contributed by atoms with Gasteiger partial charge in [-0.05, 0) is 18.6 Å². The van der Waals surface area contributed by atoms with Crippen molar-refractivity contribution in [2.45, 2.75) is 12.8 Å². The quantitative estimate of drug-likeness (QED) is 0.637. The zero-order chi connectivity index (χ0) is 8.27. The molecule has 0 aromatic carbocycles. The Bertz CT molecular complexity index is 250. The zero-order valence-corrected chi connectivity index (χ0v) is 7.35. The minimum Gasteiger partial charge on any atom is -0.495 e. The summed E-state index contributed by atoms with van der Waals surface area (Å²) in [5.74, 6) is 1.23. The summed E-state index contributed by atoms with van der Waals surface area (Å²) in [7, 11) is 1.62. The lowest BCUT2D eigenvalue weighted by Gasteiger charge is -2.03. The van der Waals surface area contributed by atoms with Crippen LogP contribution < -0.4 is 4.74 Å². The molecular formula is C8H10ClNO. The van der Waals surface area contributed by atoms with Crippen LogP contribution in [0.4, 0.5) is 0 Å². The highest BCUT2D eigenvalue weighted by Gasteiger charge is 1.99. The minimum atomic E-state index is 0.454. The summed E-state index contributed by atoms with van der Waals surface area (Å²) < 4.78 is 4.99. The van der Waals surface area contributed by atoms with Crippen molar-refractivity contribution < 1.29 is 4.74 Å². The number of aromatic nitrogens is 1. The Morgan fingerprint density at radius 2 is 2.36 bits per heavy atom. The highest BCUT2D eigenvalue weighted by Crippen LogP contribution is 2.14. The van der Waals surface area contributed by atoms with E-state index in [1.54, 1.807) is 13.3 Å². The van der Waals surface area contributed by atoms with E-state index < -0.39 is 0 Å². The first kappa shape index (κ1) is 8.34. The first-order chi connectivity index (χ1) is 5.27. The maximum Gasteiger partial charge on any atom is 0.137 e. The van der Waals surface area contributed by atoms with Crippen LogP contribution >= 0.6 is 11.6 Å². The molecular weight excluding hydrogens is 162 g/mol. The molecule has 0 radical (unpaired) electrons. The van der Waals surface area contributed by atoms with Crippen molar-refractivity contribution in [1.82, 2.24) is 4.98 Å². The molecule has 1 aromatic rings. The molecule has 60 valence electrons. The van der Waals surface area contributed by atoms with Gasteiger partial charge in [0.15, 0.2) is 0 Å². The van der Waals surface area contributed by atoms with Gasteiger partial charge in [0, 0.05) is 0 Å². The summed E-state index contributed by atoms with van der Waals surface area (Å²) in [6.45, 7) is 1.97. The van der Waals surface area contributed by atoms with E-state index in [-0.39, 0.29) is 0 Å². The fourth-order valence-electron chi connectivity index (χ4n) is 0.829. The SMILES string of the molecule is COc1cnc(CCl)c(C)c1. The molecule has 1 aromatic heterocycles. The second-order valence-electron chi connectivity index (χ2n) is 2.27. The lowest BCUT2D eigenvalue weighted by Crippen LogP contribution is -1.92. The molecule has 0 aliphatic heterocycles. The van der Waals surface area contributed by atoms with Crippen LogP contribution in [-0.4, -0.2) is 12.1 Å². The molecule has 0 aliphatic rings. The molecule has 0 aliphatic carbocycles. The largest absolute Gasteiger partial charge is 0.495 e. The van der Waals surface area contributed by atoms with Gasteiger partial charge in [0.2, 0.25) is 0 Å². The number of halogens is 1. The van der Waals surface area contributed by atoms with E-state index in [4.69, 9.17) is 16.3 Å². The number of aryl methyl sites for hydroxylation is 1. The molecule has 3 heteroatoms. The predicted octanol–water partition coefficient (Wildman–Crippen LogP) is 2.14. The van der Waals surface area contributed by atoms with Crippen LogP contribution in [0.15, 0.2) is 12.3 Å². The molecule has 0 N–H and O–H groups in total. The molecule has 0 fully saturated rings. The predicted molar refractivity (Wildman–Crippen MR) is 45.1 cm³/mol. The molecule has 0 bridgehead atoms. The van der Waals surface area contributed by atoms with Gasteiger partial charge in [-0.3, -0.25) is 4.98 Å². The van der Waals surface area contributed by atoms with Gasteiger partial charge in [0.1, 0.15) is 5.75 Å². The number of pyridine rings is 1. The van der Waals surface area contributed by atoms with E-state index in [1.165, 1.54) is 0 Å². The number of hydrogen-bond acceptors (Lipinski definition) is 2. The Morgan fingerprint density at radius 3 is 2.82 bits per heavy atom. The van der Waals surface area contributed by atoms with Crippen molar-refractivity contribution in [3.05, 3.63) is 23.5 Å². The van der Waals surface area contributed by atoms with E-state index in [9.17, 15) is 0 Å². The fraction of sp³-hybridized carbons (Fsp3) is 0.375. The normalized spacial score (nSPS) is 9.73. The van der Waals surface area contributed by atoms with Gasteiger partial charge in [-0.1, -0.05) is 0 Å². The number of ether oxygens (including phenoxy) is 1. The summed E-state index contributed by atoms with van der Waals surface area (Å²) in [6, 6.07) is 1.92. The molecule has 0 atom stereocenters. The van der Waals surface area contributed by atoms with Gasteiger partial charge < -0.3 is 4.74 Å². The zero-order valence-electron chi connectivity index (χ0n) is 6.60. The number of nitrogens with zero attached hydrogens (tertiary/aromatic N) is 1. The number of alkyl halides is 1. The molecule has 0 saturated carbocycles. The maximum absolute atomic E-state index is 5.62. The van der Waals surface area contributed by atoms with Crippen molar-refractivity contribution >= 4 is 11.6 Å². The standard InChI is InChI=1S/C8H10ClNO/c1-6-3-7(11-2)5-10-8(6)4-9/h3,5H,4H2,1-2H3. The summed E-state index contributed by atoms with van der Waals surface area (Å²) in [5, 5.41) is 0. The first-order valence-electron chi connectivity index (χ1n) is 3.33. The van der Waals surface area contributed by atoms with Gasteiger partial charge in [-0.25, -0.2) is 0 Å². The van der Waals surface area contributed by atoms with Crippen LogP contribution in [0.2, 0.25) is 0 Å². The molecule has 0 spiro atoms.